The summed E-state index contributed by atoms with van der Waals surface area (Å²) in [5.41, 5.74) is 4.60. The molecule has 4 nitrogen and oxygen atoms in total. The highest BCUT2D eigenvalue weighted by Crippen LogP contribution is 2.42. The van der Waals surface area contributed by atoms with E-state index in [0.717, 1.165) is 16.6 Å². The number of aromatic nitrogens is 1. The second-order valence-electron chi connectivity index (χ2n) is 7.97. The van der Waals surface area contributed by atoms with Crippen molar-refractivity contribution < 1.29 is 4.79 Å². The summed E-state index contributed by atoms with van der Waals surface area (Å²) in [4.78, 5) is 39.9. The van der Waals surface area contributed by atoms with Crippen molar-refractivity contribution in [1.82, 2.24) is 4.40 Å². The molecule has 4 heteroatoms. The highest BCUT2D eigenvalue weighted by molar-refractivity contribution is 6.26. The first kappa shape index (κ1) is 16.5. The van der Waals surface area contributed by atoms with Crippen LogP contribution < -0.4 is 10.9 Å². The first-order valence-electron chi connectivity index (χ1n) is 10.1. The van der Waals surface area contributed by atoms with Gasteiger partial charge in [0.05, 0.1) is 16.6 Å². The third-order valence-corrected chi connectivity index (χ3v) is 6.47. The predicted octanol–water partition coefficient (Wildman–Crippen LogP) is 4.77. The summed E-state index contributed by atoms with van der Waals surface area (Å²) < 4.78 is 2.01. The standard InChI is InChI=1S/C27H13NO3/c29-25-15-7-2-1-6-14(15)22-17(25)12-13-20-24(22)28-21-11-4-3-8-16(21)26(30)18-9-5-10-19(23(18)28)27(20)31/h1-13H. The van der Waals surface area contributed by atoms with Crippen LogP contribution in [0, 0.1) is 0 Å². The minimum Gasteiger partial charge on any atom is -0.307 e. The van der Waals surface area contributed by atoms with Crippen LogP contribution in [0.5, 0.6) is 0 Å². The predicted molar refractivity (Wildman–Crippen MR) is 123 cm³/mol. The van der Waals surface area contributed by atoms with E-state index in [1.165, 1.54) is 0 Å². The average molecular weight is 399 g/mol. The molecule has 7 rings (SSSR count). The molecule has 0 spiro atoms. The molecular formula is C27H13NO3. The average Bonchev–Trinajstić information content (AvgIpc) is 3.11. The number of carbonyl (C=O) groups is 1. The van der Waals surface area contributed by atoms with Crippen LogP contribution in [0.3, 0.4) is 0 Å². The molecule has 0 N–H and O–H groups in total. The lowest BCUT2D eigenvalue weighted by Gasteiger charge is -2.16. The van der Waals surface area contributed by atoms with Gasteiger partial charge >= 0.3 is 0 Å². The lowest BCUT2D eigenvalue weighted by molar-refractivity contribution is 0.104. The van der Waals surface area contributed by atoms with Crippen molar-refractivity contribution in [2.75, 3.05) is 0 Å². The number of benzene rings is 4. The fourth-order valence-corrected chi connectivity index (χ4v) is 5.17. The van der Waals surface area contributed by atoms with E-state index in [9.17, 15) is 14.4 Å². The highest BCUT2D eigenvalue weighted by atomic mass is 16.1. The van der Waals surface area contributed by atoms with Crippen molar-refractivity contribution in [3.63, 3.8) is 0 Å². The summed E-state index contributed by atoms with van der Waals surface area (Å²) >= 11 is 0. The van der Waals surface area contributed by atoms with Crippen LogP contribution in [0.4, 0.5) is 0 Å². The minimum atomic E-state index is -0.130. The lowest BCUT2D eigenvalue weighted by Crippen LogP contribution is -2.14. The van der Waals surface area contributed by atoms with E-state index >= 15 is 0 Å². The first-order valence-corrected chi connectivity index (χ1v) is 10.1. The van der Waals surface area contributed by atoms with E-state index in [1.54, 1.807) is 30.3 Å². The van der Waals surface area contributed by atoms with Gasteiger partial charge in [0.15, 0.2) is 16.6 Å². The molecule has 144 valence electrons. The van der Waals surface area contributed by atoms with E-state index in [1.807, 2.05) is 52.9 Å². The smallest absolute Gasteiger partial charge is 0.197 e. The van der Waals surface area contributed by atoms with Crippen LogP contribution in [-0.2, 0) is 0 Å². The summed E-state index contributed by atoms with van der Waals surface area (Å²) in [6, 6.07) is 23.7. The Bertz CT molecular complexity index is 1880. The maximum Gasteiger partial charge on any atom is 0.197 e. The Morgan fingerprint density at radius 1 is 0.484 bits per heavy atom. The SMILES string of the molecule is O=C1c2ccccc2-c2c1ccc1c(=O)c3cccc4c(=O)c5ccccc5n(c21)c43. The first-order chi connectivity index (χ1) is 15.2. The Morgan fingerprint density at radius 2 is 1.10 bits per heavy atom. The summed E-state index contributed by atoms with van der Waals surface area (Å²) in [5.74, 6) is -0.0405. The van der Waals surface area contributed by atoms with Crippen LogP contribution in [0.2, 0.25) is 0 Å². The fraction of sp³-hybridized carbons (Fsp3) is 0. The Morgan fingerprint density at radius 3 is 1.90 bits per heavy atom. The number of para-hydroxylation sites is 2. The molecule has 0 aliphatic heterocycles. The van der Waals surface area contributed by atoms with Crippen molar-refractivity contribution in [2.24, 2.45) is 0 Å². The topological polar surface area (TPSA) is 55.6 Å². The molecule has 4 aromatic carbocycles. The molecule has 1 aliphatic rings. The zero-order chi connectivity index (χ0) is 20.9. The Kier molecular flexibility index (Phi) is 2.89. The Labute approximate surface area is 174 Å². The molecule has 2 heterocycles. The Hall–Kier alpha value is -4.31. The molecule has 0 atom stereocenters. The summed E-state index contributed by atoms with van der Waals surface area (Å²) in [5, 5.41) is 2.13. The molecule has 31 heavy (non-hydrogen) atoms. The quantitative estimate of drug-likeness (QED) is 0.273. The molecule has 0 radical (unpaired) electrons. The van der Waals surface area contributed by atoms with Crippen LogP contribution >= 0.6 is 0 Å². The number of rotatable bonds is 0. The molecule has 1 aliphatic carbocycles. The second kappa shape index (κ2) is 5.43. The van der Waals surface area contributed by atoms with Crippen molar-refractivity contribution in [3.8, 4) is 11.1 Å². The van der Waals surface area contributed by atoms with Crippen molar-refractivity contribution in [2.45, 2.75) is 0 Å². The van der Waals surface area contributed by atoms with E-state index in [0.29, 0.717) is 43.7 Å². The van der Waals surface area contributed by atoms with Gasteiger partial charge in [-0.3, -0.25) is 14.4 Å². The van der Waals surface area contributed by atoms with Crippen molar-refractivity contribution in [1.29, 1.82) is 0 Å². The van der Waals surface area contributed by atoms with Gasteiger partial charge in [0.25, 0.3) is 0 Å². The van der Waals surface area contributed by atoms with Gasteiger partial charge < -0.3 is 4.40 Å². The number of nitrogens with zero attached hydrogens (tertiary/aromatic N) is 1. The van der Waals surface area contributed by atoms with Gasteiger partial charge in [-0.1, -0.05) is 42.5 Å². The third kappa shape index (κ3) is 1.83. The molecule has 0 amide bonds. The summed E-state index contributed by atoms with van der Waals surface area (Å²) in [7, 11) is 0. The van der Waals surface area contributed by atoms with E-state index in [-0.39, 0.29) is 16.6 Å². The zero-order valence-electron chi connectivity index (χ0n) is 16.2. The number of fused-ring (bicyclic) bond motifs is 8. The van der Waals surface area contributed by atoms with Gasteiger partial charge in [0.1, 0.15) is 0 Å². The normalized spacial score (nSPS) is 12.8. The van der Waals surface area contributed by atoms with E-state index < -0.39 is 0 Å². The van der Waals surface area contributed by atoms with Gasteiger partial charge in [-0.15, -0.1) is 0 Å². The molecule has 0 fully saturated rings. The van der Waals surface area contributed by atoms with Crippen LogP contribution in [0.1, 0.15) is 15.9 Å². The number of hydrogen-bond acceptors (Lipinski definition) is 3. The minimum absolute atomic E-state index is 0.0405. The molecule has 0 bridgehead atoms. The maximum atomic E-state index is 13.5. The van der Waals surface area contributed by atoms with Gasteiger partial charge in [-0.05, 0) is 42.0 Å². The Balaban J connectivity index is 1.93. The number of ketones is 1. The lowest BCUT2D eigenvalue weighted by atomic mass is 9.97. The van der Waals surface area contributed by atoms with Crippen molar-refractivity contribution in [3.05, 3.63) is 110 Å². The molecule has 0 unspecified atom stereocenters. The van der Waals surface area contributed by atoms with Crippen LogP contribution in [0.25, 0.3) is 49.2 Å². The van der Waals surface area contributed by atoms with Crippen LogP contribution in [-0.4, -0.2) is 10.2 Å². The second-order valence-corrected chi connectivity index (χ2v) is 7.97. The van der Waals surface area contributed by atoms with Crippen LogP contribution in [0.15, 0.2) is 88.5 Å². The zero-order valence-corrected chi connectivity index (χ0v) is 16.2. The molecule has 0 saturated heterocycles. The van der Waals surface area contributed by atoms with Crippen molar-refractivity contribution >= 4 is 43.9 Å². The number of carbonyl (C=O) groups excluding carboxylic acids is 1. The fourth-order valence-electron chi connectivity index (χ4n) is 5.17. The van der Waals surface area contributed by atoms with Gasteiger partial charge in [0, 0.05) is 38.2 Å². The van der Waals surface area contributed by atoms with E-state index in [4.69, 9.17) is 0 Å². The molecule has 0 saturated carbocycles. The number of hydrogen-bond donors (Lipinski definition) is 0. The van der Waals surface area contributed by atoms with Gasteiger partial charge in [-0.2, -0.15) is 0 Å². The summed E-state index contributed by atoms with van der Waals surface area (Å²) in [6.45, 7) is 0. The molecule has 6 aromatic rings. The van der Waals surface area contributed by atoms with E-state index in [2.05, 4.69) is 0 Å². The number of pyridine rings is 2. The molecule has 2 aromatic heterocycles. The highest BCUT2D eigenvalue weighted by Gasteiger charge is 2.30. The summed E-state index contributed by atoms with van der Waals surface area (Å²) in [6.07, 6.45) is 0. The largest absolute Gasteiger partial charge is 0.307 e. The molecular weight excluding hydrogens is 386 g/mol. The maximum absolute atomic E-state index is 13.5. The third-order valence-electron chi connectivity index (χ3n) is 6.47. The van der Waals surface area contributed by atoms with Gasteiger partial charge in [-0.25, -0.2) is 0 Å². The van der Waals surface area contributed by atoms with Gasteiger partial charge in [0.2, 0.25) is 0 Å². The monoisotopic (exact) mass is 399 g/mol.